The molecule has 0 saturated heterocycles. The number of aryl methyl sites for hydroxylation is 2. The number of hydrogen-bond donors (Lipinski definition) is 1. The molecule has 1 aromatic heterocycles. The van der Waals surface area contributed by atoms with Crippen LogP contribution in [0.5, 0.6) is 0 Å². The van der Waals surface area contributed by atoms with Crippen LogP contribution >= 0.6 is 23.4 Å². The Morgan fingerprint density at radius 1 is 1.20 bits per heavy atom. The lowest BCUT2D eigenvalue weighted by molar-refractivity contribution is -0.113. The topological polar surface area (TPSA) is 72.7 Å². The van der Waals surface area contributed by atoms with E-state index in [1.165, 1.54) is 11.8 Å². The van der Waals surface area contributed by atoms with E-state index in [1.807, 2.05) is 44.2 Å². The van der Waals surface area contributed by atoms with Gasteiger partial charge in [0.05, 0.1) is 11.4 Å². The lowest BCUT2D eigenvalue weighted by atomic mass is 10.1. The summed E-state index contributed by atoms with van der Waals surface area (Å²) in [7, 11) is 0. The van der Waals surface area contributed by atoms with Crippen molar-refractivity contribution in [1.29, 1.82) is 0 Å². The van der Waals surface area contributed by atoms with Gasteiger partial charge in [-0.1, -0.05) is 41.1 Å². The molecule has 1 heterocycles. The first-order chi connectivity index (χ1) is 12.0. The van der Waals surface area contributed by atoms with Crippen molar-refractivity contribution in [2.45, 2.75) is 19.0 Å². The molecule has 8 heteroatoms. The van der Waals surface area contributed by atoms with Gasteiger partial charge in [-0.15, -0.1) is 5.10 Å². The predicted octanol–water partition coefficient (Wildman–Crippen LogP) is 3.66. The molecule has 3 rings (SSSR count). The van der Waals surface area contributed by atoms with Crippen LogP contribution in [0.1, 0.15) is 11.1 Å². The third-order valence-electron chi connectivity index (χ3n) is 3.50. The van der Waals surface area contributed by atoms with Gasteiger partial charge in [-0.2, -0.15) is 4.68 Å². The second-order valence-corrected chi connectivity index (χ2v) is 6.88. The first-order valence-electron chi connectivity index (χ1n) is 7.57. The van der Waals surface area contributed by atoms with Crippen molar-refractivity contribution >= 4 is 35.0 Å². The highest BCUT2D eigenvalue weighted by Gasteiger charge is 2.12. The molecule has 0 aliphatic rings. The Kier molecular flexibility index (Phi) is 5.35. The summed E-state index contributed by atoms with van der Waals surface area (Å²) in [5.41, 5.74) is 3.79. The number of aromatic nitrogens is 4. The zero-order valence-electron chi connectivity index (χ0n) is 13.7. The molecule has 0 spiro atoms. The van der Waals surface area contributed by atoms with Crippen LogP contribution < -0.4 is 5.32 Å². The molecule has 25 heavy (non-hydrogen) atoms. The van der Waals surface area contributed by atoms with E-state index in [0.29, 0.717) is 10.2 Å². The van der Waals surface area contributed by atoms with Crippen LogP contribution in [-0.4, -0.2) is 31.9 Å². The normalized spacial score (nSPS) is 10.7. The molecule has 2 aromatic carbocycles. The Labute approximate surface area is 154 Å². The minimum absolute atomic E-state index is 0.109. The fourth-order valence-electron chi connectivity index (χ4n) is 2.28. The first-order valence-corrected chi connectivity index (χ1v) is 8.93. The van der Waals surface area contributed by atoms with Crippen LogP contribution in [0.2, 0.25) is 5.02 Å². The summed E-state index contributed by atoms with van der Waals surface area (Å²) in [6, 6.07) is 13.1. The Hall–Kier alpha value is -2.38. The highest BCUT2D eigenvalue weighted by atomic mass is 35.5. The number of rotatable bonds is 5. The standard InChI is InChI=1S/C17H16ClN5OS/c1-11-3-8-15(12(2)9-11)19-16(24)10-25-17-20-21-22-23(17)14-6-4-13(18)5-7-14/h3-9H,10H2,1-2H3,(H,19,24). The molecule has 6 nitrogen and oxygen atoms in total. The molecular weight excluding hydrogens is 358 g/mol. The third kappa shape index (κ3) is 4.37. The van der Waals surface area contributed by atoms with Crippen LogP contribution in [0.15, 0.2) is 47.6 Å². The van der Waals surface area contributed by atoms with E-state index >= 15 is 0 Å². The van der Waals surface area contributed by atoms with Crippen LogP contribution in [0.4, 0.5) is 5.69 Å². The van der Waals surface area contributed by atoms with Crippen molar-refractivity contribution in [3.63, 3.8) is 0 Å². The maximum Gasteiger partial charge on any atom is 0.234 e. The number of carbonyl (C=O) groups is 1. The van der Waals surface area contributed by atoms with Gasteiger partial charge in [0.1, 0.15) is 0 Å². The molecule has 0 saturated carbocycles. The first kappa shape index (κ1) is 17.4. The number of amides is 1. The van der Waals surface area contributed by atoms with E-state index in [2.05, 4.69) is 20.8 Å². The van der Waals surface area contributed by atoms with Gasteiger partial charge in [-0.3, -0.25) is 4.79 Å². The van der Waals surface area contributed by atoms with Crippen LogP contribution in [0.3, 0.4) is 0 Å². The quantitative estimate of drug-likeness (QED) is 0.691. The number of tetrazole rings is 1. The summed E-state index contributed by atoms with van der Waals surface area (Å²) in [4.78, 5) is 12.2. The van der Waals surface area contributed by atoms with Gasteiger partial charge in [-0.05, 0) is 60.2 Å². The smallest absolute Gasteiger partial charge is 0.234 e. The molecule has 0 unspecified atom stereocenters. The zero-order valence-corrected chi connectivity index (χ0v) is 15.3. The molecule has 0 atom stereocenters. The molecule has 128 valence electrons. The Balaban J connectivity index is 1.65. The monoisotopic (exact) mass is 373 g/mol. The predicted molar refractivity (Wildman–Crippen MR) is 99.4 cm³/mol. The van der Waals surface area contributed by atoms with Gasteiger partial charge in [0.2, 0.25) is 11.1 Å². The molecule has 0 fully saturated rings. The number of halogens is 1. The summed E-state index contributed by atoms with van der Waals surface area (Å²) in [6.07, 6.45) is 0. The van der Waals surface area contributed by atoms with E-state index in [0.717, 1.165) is 22.5 Å². The SMILES string of the molecule is Cc1ccc(NC(=O)CSc2nnnn2-c2ccc(Cl)cc2)c(C)c1. The van der Waals surface area contributed by atoms with Gasteiger partial charge in [0.25, 0.3) is 0 Å². The summed E-state index contributed by atoms with van der Waals surface area (Å²) in [5, 5.41) is 15.7. The Bertz CT molecular complexity index is 894. The summed E-state index contributed by atoms with van der Waals surface area (Å²) in [5.74, 6) is 0.101. The molecule has 1 N–H and O–H groups in total. The van der Waals surface area contributed by atoms with Crippen molar-refractivity contribution < 1.29 is 4.79 Å². The number of nitrogens with one attached hydrogen (secondary N) is 1. The summed E-state index contributed by atoms with van der Waals surface area (Å²) in [6.45, 7) is 3.99. The fraction of sp³-hybridized carbons (Fsp3) is 0.176. The fourth-order valence-corrected chi connectivity index (χ4v) is 3.10. The zero-order chi connectivity index (χ0) is 17.8. The number of anilines is 1. The van der Waals surface area contributed by atoms with Gasteiger partial charge in [0.15, 0.2) is 0 Å². The maximum absolute atomic E-state index is 12.2. The van der Waals surface area contributed by atoms with Crippen molar-refractivity contribution in [3.05, 3.63) is 58.6 Å². The highest BCUT2D eigenvalue weighted by molar-refractivity contribution is 7.99. The number of nitrogens with zero attached hydrogens (tertiary/aromatic N) is 4. The Morgan fingerprint density at radius 2 is 1.96 bits per heavy atom. The van der Waals surface area contributed by atoms with Crippen molar-refractivity contribution in [2.75, 3.05) is 11.1 Å². The maximum atomic E-state index is 12.2. The van der Waals surface area contributed by atoms with Crippen molar-refractivity contribution in [2.24, 2.45) is 0 Å². The van der Waals surface area contributed by atoms with Crippen molar-refractivity contribution in [1.82, 2.24) is 20.2 Å². The Morgan fingerprint density at radius 3 is 2.68 bits per heavy atom. The number of hydrogen-bond acceptors (Lipinski definition) is 5. The van der Waals surface area contributed by atoms with Gasteiger partial charge >= 0.3 is 0 Å². The molecule has 0 aliphatic carbocycles. The largest absolute Gasteiger partial charge is 0.325 e. The second-order valence-electron chi connectivity index (χ2n) is 5.50. The van der Waals surface area contributed by atoms with Gasteiger partial charge < -0.3 is 5.32 Å². The summed E-state index contributed by atoms with van der Waals surface area (Å²) >= 11 is 7.17. The van der Waals surface area contributed by atoms with Crippen molar-refractivity contribution in [3.8, 4) is 5.69 Å². The molecule has 0 aliphatic heterocycles. The van der Waals surface area contributed by atoms with E-state index in [-0.39, 0.29) is 11.7 Å². The average molecular weight is 374 g/mol. The second kappa shape index (κ2) is 7.67. The highest BCUT2D eigenvalue weighted by Crippen LogP contribution is 2.21. The van der Waals surface area contributed by atoms with Crippen LogP contribution in [0, 0.1) is 13.8 Å². The third-order valence-corrected chi connectivity index (χ3v) is 4.67. The lowest BCUT2D eigenvalue weighted by Crippen LogP contribution is -2.15. The van der Waals surface area contributed by atoms with Crippen LogP contribution in [-0.2, 0) is 4.79 Å². The van der Waals surface area contributed by atoms with E-state index in [4.69, 9.17) is 11.6 Å². The van der Waals surface area contributed by atoms with Crippen LogP contribution in [0.25, 0.3) is 5.69 Å². The molecule has 0 bridgehead atoms. The van der Waals surface area contributed by atoms with E-state index < -0.39 is 0 Å². The number of carbonyl (C=O) groups excluding carboxylic acids is 1. The number of thioether (sulfide) groups is 1. The van der Waals surface area contributed by atoms with E-state index in [1.54, 1.807) is 16.8 Å². The lowest BCUT2D eigenvalue weighted by Gasteiger charge is -2.09. The molecule has 0 radical (unpaired) electrons. The van der Waals surface area contributed by atoms with Gasteiger partial charge in [0, 0.05) is 10.7 Å². The minimum atomic E-state index is -0.109. The molecular formula is C17H16ClN5OS. The number of benzene rings is 2. The average Bonchev–Trinajstić information content (AvgIpc) is 3.05. The molecule has 1 amide bonds. The summed E-state index contributed by atoms with van der Waals surface area (Å²) < 4.78 is 1.57. The van der Waals surface area contributed by atoms with E-state index in [9.17, 15) is 4.79 Å². The van der Waals surface area contributed by atoms with Gasteiger partial charge in [-0.25, -0.2) is 0 Å². The minimum Gasteiger partial charge on any atom is -0.325 e. The molecule has 3 aromatic rings.